The molecule has 1 aromatic heterocycles. The molecular formula is C13H15F3N6O3S. The lowest BCUT2D eigenvalue weighted by Gasteiger charge is -2.33. The molecule has 1 aliphatic heterocycles. The van der Waals surface area contributed by atoms with Gasteiger partial charge in [-0.15, -0.1) is 10.2 Å². The Morgan fingerprint density at radius 1 is 1.35 bits per heavy atom. The molecule has 0 aliphatic carbocycles. The fraction of sp³-hybridized carbons (Fsp3) is 0.462. The van der Waals surface area contributed by atoms with E-state index >= 15 is 0 Å². The number of benzene rings is 1. The molecule has 0 spiro atoms. The van der Waals surface area contributed by atoms with Gasteiger partial charge >= 0.3 is 6.18 Å². The highest BCUT2D eigenvalue weighted by molar-refractivity contribution is 7.89. The van der Waals surface area contributed by atoms with Crippen LogP contribution in [0.15, 0.2) is 17.0 Å². The van der Waals surface area contributed by atoms with Gasteiger partial charge in [0.05, 0.1) is 17.2 Å². The van der Waals surface area contributed by atoms with Gasteiger partial charge in [0.25, 0.3) is 0 Å². The highest BCUT2D eigenvalue weighted by Crippen LogP contribution is 2.43. The molecule has 142 valence electrons. The minimum absolute atomic E-state index is 0.125. The van der Waals surface area contributed by atoms with E-state index in [0.717, 1.165) is 6.07 Å². The Bertz CT molecular complexity index is 901. The van der Waals surface area contributed by atoms with Gasteiger partial charge in [0.1, 0.15) is 4.90 Å². The number of nitrogens with two attached hydrogens (primary N) is 1. The van der Waals surface area contributed by atoms with E-state index in [4.69, 9.17) is 5.14 Å². The molecule has 4 N–H and O–H groups in total. The number of nitrogens with zero attached hydrogens (tertiary/aromatic N) is 4. The van der Waals surface area contributed by atoms with Gasteiger partial charge in [0.15, 0.2) is 0 Å². The first-order valence-electron chi connectivity index (χ1n) is 7.53. The average molecular weight is 392 g/mol. The number of hydrogen-bond donors (Lipinski definition) is 3. The summed E-state index contributed by atoms with van der Waals surface area (Å²) in [6, 6.07) is 1.78. The lowest BCUT2D eigenvalue weighted by atomic mass is 10.0. The van der Waals surface area contributed by atoms with Crippen molar-refractivity contribution in [2.45, 2.75) is 30.0 Å². The Kier molecular flexibility index (Phi) is 4.62. The summed E-state index contributed by atoms with van der Waals surface area (Å²) in [4.78, 5) is 0.457. The van der Waals surface area contributed by atoms with Crippen LogP contribution in [0.4, 0.5) is 18.9 Å². The van der Waals surface area contributed by atoms with E-state index < -0.39 is 38.3 Å². The standard InChI is InChI=1S/C13H15F3N6O3S/c14-13(15,16)8-3-4-9(22-5-1-2-7(23)6-22)10(11(8)26(17,24)25)12-18-20-21-19-12/h3-4,7,23H,1-2,5-6H2,(H2,17,24,25)(H,18,19,20,21). The topological polar surface area (TPSA) is 138 Å². The third kappa shape index (κ3) is 3.50. The van der Waals surface area contributed by atoms with Gasteiger partial charge in [-0.25, -0.2) is 13.6 Å². The summed E-state index contributed by atoms with van der Waals surface area (Å²) >= 11 is 0. The molecule has 3 rings (SSSR count). The Morgan fingerprint density at radius 3 is 2.62 bits per heavy atom. The second-order valence-electron chi connectivity index (χ2n) is 5.86. The Morgan fingerprint density at radius 2 is 2.08 bits per heavy atom. The summed E-state index contributed by atoms with van der Waals surface area (Å²) < 4.78 is 64.3. The van der Waals surface area contributed by atoms with E-state index in [0.29, 0.717) is 25.5 Å². The third-order valence-corrected chi connectivity index (χ3v) is 5.02. The van der Waals surface area contributed by atoms with E-state index in [1.807, 2.05) is 0 Å². The van der Waals surface area contributed by atoms with Crippen molar-refractivity contribution in [3.05, 3.63) is 17.7 Å². The minimum Gasteiger partial charge on any atom is -0.391 e. The number of anilines is 1. The number of β-amino-alcohol motifs (C(OH)–C–C–N with tert-alkyl or cyclic N) is 1. The second kappa shape index (κ2) is 6.48. The maximum absolute atomic E-state index is 13.4. The van der Waals surface area contributed by atoms with Gasteiger partial charge < -0.3 is 10.0 Å². The maximum Gasteiger partial charge on any atom is 0.417 e. The van der Waals surface area contributed by atoms with Crippen LogP contribution >= 0.6 is 0 Å². The predicted octanol–water partition coefficient (Wildman–Crippen LogP) is 0.494. The molecule has 0 bridgehead atoms. The van der Waals surface area contributed by atoms with Gasteiger partial charge in [0, 0.05) is 18.8 Å². The van der Waals surface area contributed by atoms with Crippen LogP contribution in [-0.2, 0) is 16.2 Å². The number of primary sulfonamides is 1. The molecule has 1 saturated heterocycles. The number of aromatic nitrogens is 4. The number of aromatic amines is 1. The minimum atomic E-state index is -4.96. The van der Waals surface area contributed by atoms with E-state index in [9.17, 15) is 26.7 Å². The van der Waals surface area contributed by atoms with E-state index in [1.165, 1.54) is 0 Å². The van der Waals surface area contributed by atoms with Crippen LogP contribution in [0.5, 0.6) is 0 Å². The van der Waals surface area contributed by atoms with E-state index in [-0.39, 0.29) is 18.1 Å². The number of alkyl halides is 3. The van der Waals surface area contributed by atoms with Crippen LogP contribution < -0.4 is 10.0 Å². The Hall–Kier alpha value is -2.25. The number of aliphatic hydroxyl groups excluding tert-OH is 1. The van der Waals surface area contributed by atoms with Gasteiger partial charge in [0.2, 0.25) is 15.8 Å². The predicted molar refractivity (Wildman–Crippen MR) is 83.4 cm³/mol. The largest absolute Gasteiger partial charge is 0.417 e. The van der Waals surface area contributed by atoms with Crippen LogP contribution in [0.25, 0.3) is 11.4 Å². The fourth-order valence-corrected chi connectivity index (χ4v) is 3.98. The zero-order valence-electron chi connectivity index (χ0n) is 13.2. The molecule has 1 atom stereocenters. The quantitative estimate of drug-likeness (QED) is 0.691. The maximum atomic E-state index is 13.4. The Balaban J connectivity index is 2.33. The lowest BCUT2D eigenvalue weighted by molar-refractivity contribution is -0.139. The molecule has 1 unspecified atom stereocenters. The van der Waals surface area contributed by atoms with Gasteiger partial charge in [-0.3, -0.25) is 0 Å². The number of rotatable bonds is 3. The van der Waals surface area contributed by atoms with Crippen molar-refractivity contribution >= 4 is 15.7 Å². The van der Waals surface area contributed by atoms with Crippen LogP contribution in [-0.4, -0.2) is 53.3 Å². The number of aliphatic hydroxyl groups is 1. The molecule has 0 amide bonds. The zero-order valence-corrected chi connectivity index (χ0v) is 14.0. The number of sulfonamides is 1. The monoisotopic (exact) mass is 392 g/mol. The van der Waals surface area contributed by atoms with Crippen molar-refractivity contribution in [1.82, 2.24) is 20.6 Å². The van der Waals surface area contributed by atoms with Crippen molar-refractivity contribution in [3.63, 3.8) is 0 Å². The summed E-state index contributed by atoms with van der Waals surface area (Å²) in [5, 5.41) is 27.6. The van der Waals surface area contributed by atoms with Gasteiger partial charge in [-0.1, -0.05) is 0 Å². The third-order valence-electron chi connectivity index (χ3n) is 4.03. The molecule has 1 fully saturated rings. The number of piperidine rings is 1. The van der Waals surface area contributed by atoms with Crippen molar-refractivity contribution < 1.29 is 26.7 Å². The fourth-order valence-electron chi connectivity index (χ4n) is 3.01. The van der Waals surface area contributed by atoms with Crippen molar-refractivity contribution in [2.24, 2.45) is 5.14 Å². The van der Waals surface area contributed by atoms with E-state index in [1.54, 1.807) is 4.90 Å². The number of hydrogen-bond acceptors (Lipinski definition) is 7. The molecule has 26 heavy (non-hydrogen) atoms. The molecular weight excluding hydrogens is 377 g/mol. The van der Waals surface area contributed by atoms with Crippen molar-refractivity contribution in [2.75, 3.05) is 18.0 Å². The highest BCUT2D eigenvalue weighted by atomic mass is 32.2. The molecule has 0 radical (unpaired) electrons. The van der Waals surface area contributed by atoms with Crippen LogP contribution in [0.3, 0.4) is 0 Å². The van der Waals surface area contributed by atoms with Gasteiger partial charge in [-0.2, -0.15) is 18.4 Å². The molecule has 2 aromatic rings. The number of H-pyrrole nitrogens is 1. The first-order chi connectivity index (χ1) is 12.1. The number of nitrogens with one attached hydrogen (secondary N) is 1. The first-order valence-corrected chi connectivity index (χ1v) is 9.07. The molecule has 9 nitrogen and oxygen atoms in total. The van der Waals surface area contributed by atoms with Crippen molar-refractivity contribution in [3.8, 4) is 11.4 Å². The molecule has 13 heteroatoms. The van der Waals surface area contributed by atoms with E-state index in [2.05, 4.69) is 20.6 Å². The summed E-state index contributed by atoms with van der Waals surface area (Å²) in [6.45, 7) is 0.539. The summed E-state index contributed by atoms with van der Waals surface area (Å²) in [6.07, 6.45) is -4.53. The Labute approximate surface area is 146 Å². The number of halogens is 3. The SMILES string of the molecule is NS(=O)(=O)c1c(C(F)(F)F)ccc(N2CCCC(O)C2)c1-c1nn[nH]n1. The smallest absolute Gasteiger partial charge is 0.391 e. The second-order valence-corrected chi connectivity index (χ2v) is 7.35. The highest BCUT2D eigenvalue weighted by Gasteiger charge is 2.40. The van der Waals surface area contributed by atoms with Crippen molar-refractivity contribution in [1.29, 1.82) is 0 Å². The summed E-state index contributed by atoms with van der Waals surface area (Å²) in [5.74, 6) is -0.338. The summed E-state index contributed by atoms with van der Waals surface area (Å²) in [5.41, 5.74) is -1.69. The molecule has 0 saturated carbocycles. The zero-order chi connectivity index (χ0) is 19.1. The summed E-state index contributed by atoms with van der Waals surface area (Å²) in [7, 11) is -4.78. The average Bonchev–Trinajstić information content (AvgIpc) is 3.06. The van der Waals surface area contributed by atoms with Crippen LogP contribution in [0.1, 0.15) is 18.4 Å². The molecule has 1 aliphatic rings. The van der Waals surface area contributed by atoms with Gasteiger partial charge in [-0.05, 0) is 30.2 Å². The normalized spacial score (nSPS) is 19.0. The molecule has 2 heterocycles. The molecule has 1 aromatic carbocycles. The first kappa shape index (κ1) is 18.5. The van der Waals surface area contributed by atoms with Crippen LogP contribution in [0.2, 0.25) is 0 Å². The lowest BCUT2D eigenvalue weighted by Crippen LogP contribution is -2.39. The number of tetrazole rings is 1. The van der Waals surface area contributed by atoms with Crippen LogP contribution in [0, 0.1) is 0 Å².